The number of aliphatic hydroxyl groups is 1. The first-order valence-electron chi connectivity index (χ1n) is 17.5. The average molecular weight is 750 g/mol. The van der Waals surface area contributed by atoms with Crippen LogP contribution in [0.15, 0.2) is 77.3 Å². The molecule has 2 fully saturated rings. The number of fused-ring (bicyclic) bond motifs is 2. The summed E-state index contributed by atoms with van der Waals surface area (Å²) in [6.07, 6.45) is 4.69. The molecule has 0 aliphatic carbocycles. The summed E-state index contributed by atoms with van der Waals surface area (Å²) in [4.78, 5) is 62.2. The first-order chi connectivity index (χ1) is 24.1. The van der Waals surface area contributed by atoms with Gasteiger partial charge >= 0.3 is 5.97 Å². The van der Waals surface area contributed by atoms with Gasteiger partial charge in [-0.2, -0.15) is 0 Å². The van der Waals surface area contributed by atoms with Crippen molar-refractivity contribution in [3.8, 4) is 0 Å². The molecule has 0 aromatic heterocycles. The van der Waals surface area contributed by atoms with Crippen molar-refractivity contribution in [1.82, 2.24) is 10.2 Å². The number of cyclic esters (lactones) is 1. The van der Waals surface area contributed by atoms with Crippen molar-refractivity contribution in [3.05, 3.63) is 82.9 Å². The number of hydrogen-bond donors (Lipinski definition) is 2. The summed E-state index contributed by atoms with van der Waals surface area (Å²) in [7, 11) is 0. The third-order valence-corrected chi connectivity index (χ3v) is 10.9. The molecule has 0 radical (unpaired) electrons. The van der Waals surface area contributed by atoms with Crippen LogP contribution in [0.25, 0.3) is 0 Å². The van der Waals surface area contributed by atoms with E-state index in [2.05, 4.69) is 40.0 Å². The van der Waals surface area contributed by atoms with Crippen molar-refractivity contribution in [2.45, 2.75) is 69.9 Å². The fourth-order valence-corrected chi connectivity index (χ4v) is 8.60. The van der Waals surface area contributed by atoms with Gasteiger partial charge in [0.25, 0.3) is 5.91 Å². The second kappa shape index (κ2) is 15.1. The highest BCUT2D eigenvalue weighted by molar-refractivity contribution is 9.11. The van der Waals surface area contributed by atoms with E-state index >= 15 is 4.79 Å². The maximum absolute atomic E-state index is 15.0. The molecule has 4 aliphatic rings. The summed E-state index contributed by atoms with van der Waals surface area (Å²) in [5.74, 6) is -3.71. The fraction of sp³-hybridized carbons (Fsp3) is 0.474. The summed E-state index contributed by atoms with van der Waals surface area (Å²) in [5, 5.41) is 12.8. The molecule has 3 amide bonds. The minimum absolute atomic E-state index is 0.103. The lowest BCUT2D eigenvalue weighted by Gasteiger charge is -2.36. The zero-order valence-corrected chi connectivity index (χ0v) is 30.3. The Morgan fingerprint density at radius 2 is 1.70 bits per heavy atom. The summed E-state index contributed by atoms with van der Waals surface area (Å²) < 4.78 is 13.4. The maximum atomic E-state index is 15.0. The molecule has 2 aromatic rings. The third kappa shape index (κ3) is 6.49. The molecule has 11 nitrogen and oxygen atoms in total. The molecule has 266 valence electrons. The number of amides is 3. The number of halogens is 1. The van der Waals surface area contributed by atoms with Gasteiger partial charge in [-0.05, 0) is 69.5 Å². The van der Waals surface area contributed by atoms with E-state index in [-0.39, 0.29) is 44.4 Å². The second-order valence-corrected chi connectivity index (χ2v) is 14.1. The van der Waals surface area contributed by atoms with Crippen molar-refractivity contribution in [2.24, 2.45) is 11.8 Å². The molecule has 50 heavy (non-hydrogen) atoms. The van der Waals surface area contributed by atoms with Gasteiger partial charge in [0.05, 0.1) is 12.0 Å². The molecule has 5 bridgehead atoms. The van der Waals surface area contributed by atoms with Crippen LogP contribution in [0.3, 0.4) is 0 Å². The Bertz CT molecular complexity index is 1650. The van der Waals surface area contributed by atoms with E-state index in [4.69, 9.17) is 9.47 Å². The number of nitrogens with zero attached hydrogens (tertiary/aromatic N) is 3. The summed E-state index contributed by atoms with van der Waals surface area (Å²) in [6, 6.07) is 15.2. The predicted molar refractivity (Wildman–Crippen MR) is 192 cm³/mol. The van der Waals surface area contributed by atoms with Gasteiger partial charge in [0.2, 0.25) is 11.8 Å². The van der Waals surface area contributed by atoms with Crippen molar-refractivity contribution in [3.63, 3.8) is 0 Å². The van der Waals surface area contributed by atoms with Crippen LogP contribution in [0, 0.1) is 11.8 Å². The standard InChI is InChI=1S/C38H45BrN4O7/c1-4-41(5-2)26-16-18-27(19-17-26)42-20-11-7-10-15-29(45)40-24(3)32(25-13-8-6-9-14-25)49-37(48)30-31-35(46)43(21-12-22-44)34(36(42)47)38(31)23-28(39)33(30)50-38/h6-9,11,13-14,16-19,23-24,30-34,44H,4-5,10,12,15,20-22H2,1-3H3,(H,40,45)/b11-7-/t24-,30+,31-,32+,33+,34+,38-/m0/s1. The Morgan fingerprint density at radius 3 is 2.38 bits per heavy atom. The zero-order chi connectivity index (χ0) is 35.6. The van der Waals surface area contributed by atoms with Gasteiger partial charge in [0.15, 0.2) is 0 Å². The minimum atomic E-state index is -1.45. The Hall–Kier alpha value is -4.00. The van der Waals surface area contributed by atoms with Crippen LogP contribution >= 0.6 is 15.9 Å². The molecule has 0 saturated carbocycles. The Labute approximate surface area is 301 Å². The van der Waals surface area contributed by atoms with Crippen LogP contribution in [0.2, 0.25) is 0 Å². The molecular formula is C38H45BrN4O7. The highest BCUT2D eigenvalue weighted by Crippen LogP contribution is 2.59. The van der Waals surface area contributed by atoms with E-state index in [0.717, 1.165) is 18.8 Å². The van der Waals surface area contributed by atoms with Crippen LogP contribution in [0.1, 0.15) is 51.7 Å². The lowest BCUT2D eigenvalue weighted by molar-refractivity contribution is -0.161. The van der Waals surface area contributed by atoms with E-state index in [0.29, 0.717) is 22.2 Å². The Morgan fingerprint density at radius 1 is 0.980 bits per heavy atom. The maximum Gasteiger partial charge on any atom is 0.313 e. The van der Waals surface area contributed by atoms with E-state index in [1.54, 1.807) is 17.9 Å². The first-order valence-corrected chi connectivity index (χ1v) is 18.3. The van der Waals surface area contributed by atoms with Crippen molar-refractivity contribution in [2.75, 3.05) is 42.6 Å². The van der Waals surface area contributed by atoms with Crippen molar-refractivity contribution >= 4 is 51.0 Å². The number of allylic oxidation sites excluding steroid dienone is 1. The summed E-state index contributed by atoms with van der Waals surface area (Å²) >= 11 is 3.61. The van der Waals surface area contributed by atoms with Gasteiger partial charge in [0, 0.05) is 55.1 Å². The van der Waals surface area contributed by atoms with Crippen LogP contribution in [-0.2, 0) is 28.7 Å². The number of benzene rings is 2. The van der Waals surface area contributed by atoms with Crippen molar-refractivity contribution < 1.29 is 33.8 Å². The monoisotopic (exact) mass is 748 g/mol. The van der Waals surface area contributed by atoms with E-state index < -0.39 is 53.6 Å². The number of ether oxygens (including phenoxy) is 2. The minimum Gasteiger partial charge on any atom is -0.455 e. The SMILES string of the molecule is CCN(CC)c1ccc(N2C/C=C\CCC(=O)N[C@@H](C)[C@H](c3ccccc3)OC(=O)[C@H]3[C@@H]4O[C@@]5(C=C4Br)[C@@H]3C(=O)N(CCCO)[C@@H]5C2=O)cc1. The lowest BCUT2D eigenvalue weighted by atomic mass is 9.74. The quantitative estimate of drug-likeness (QED) is 0.303. The molecule has 12 heteroatoms. The molecule has 1 spiro atoms. The number of rotatable bonds is 8. The summed E-state index contributed by atoms with van der Waals surface area (Å²) in [5.41, 5.74) is 0.895. The molecule has 0 unspecified atom stereocenters. The zero-order valence-electron chi connectivity index (χ0n) is 28.7. The van der Waals surface area contributed by atoms with Gasteiger partial charge in [0.1, 0.15) is 29.8 Å². The number of carbonyl (C=O) groups is 4. The fourth-order valence-electron chi connectivity index (χ4n) is 7.87. The normalized spacial score (nSPS) is 30.5. The van der Waals surface area contributed by atoms with Gasteiger partial charge < -0.3 is 34.6 Å². The van der Waals surface area contributed by atoms with Crippen LogP contribution in [-0.4, -0.2) is 90.3 Å². The lowest BCUT2D eigenvalue weighted by Crippen LogP contribution is -2.56. The van der Waals surface area contributed by atoms with Gasteiger partial charge in [-0.3, -0.25) is 19.2 Å². The number of hydrogen-bond acceptors (Lipinski definition) is 8. The number of esters is 1. The van der Waals surface area contributed by atoms with E-state index in [1.165, 1.54) is 4.90 Å². The molecule has 6 rings (SSSR count). The molecule has 2 N–H and O–H groups in total. The average Bonchev–Trinajstić information content (AvgIpc) is 3.71. The Balaban J connectivity index is 1.44. The molecular weight excluding hydrogens is 704 g/mol. The number of aliphatic hydroxyl groups excluding tert-OH is 1. The molecule has 2 saturated heterocycles. The second-order valence-electron chi connectivity index (χ2n) is 13.2. The number of nitrogens with one attached hydrogen (secondary N) is 1. The molecule has 4 heterocycles. The van der Waals surface area contributed by atoms with Gasteiger partial charge in [-0.25, -0.2) is 0 Å². The van der Waals surface area contributed by atoms with Gasteiger partial charge in [-0.1, -0.05) is 58.4 Å². The van der Waals surface area contributed by atoms with Crippen LogP contribution in [0.4, 0.5) is 11.4 Å². The number of anilines is 2. The van der Waals surface area contributed by atoms with E-state index in [9.17, 15) is 19.5 Å². The van der Waals surface area contributed by atoms with Crippen LogP contribution < -0.4 is 15.1 Å². The van der Waals surface area contributed by atoms with Crippen molar-refractivity contribution in [1.29, 1.82) is 0 Å². The third-order valence-electron chi connectivity index (χ3n) is 10.3. The molecule has 7 atom stereocenters. The molecule has 4 aliphatic heterocycles. The highest BCUT2D eigenvalue weighted by atomic mass is 79.9. The highest BCUT2D eigenvalue weighted by Gasteiger charge is 2.75. The smallest absolute Gasteiger partial charge is 0.313 e. The molecule has 2 aromatic carbocycles. The largest absolute Gasteiger partial charge is 0.455 e. The topological polar surface area (TPSA) is 129 Å². The first kappa shape index (κ1) is 35.8. The predicted octanol–water partition coefficient (Wildman–Crippen LogP) is 4.26. The van der Waals surface area contributed by atoms with Gasteiger partial charge in [-0.15, -0.1) is 0 Å². The number of likely N-dealkylation sites (tertiary alicyclic amines) is 1. The summed E-state index contributed by atoms with van der Waals surface area (Å²) in [6.45, 7) is 7.72. The number of carbonyl (C=O) groups excluding carboxylic acids is 4. The van der Waals surface area contributed by atoms with E-state index in [1.807, 2.05) is 66.7 Å². The van der Waals surface area contributed by atoms with Crippen LogP contribution in [0.5, 0.6) is 0 Å². The Kier molecular flexibility index (Phi) is 10.8.